The number of hydrogen-bond donors (Lipinski definition) is 1. The van der Waals surface area contributed by atoms with E-state index in [1.807, 2.05) is 26.8 Å². The van der Waals surface area contributed by atoms with Gasteiger partial charge in [-0.1, -0.05) is 13.8 Å². The number of hydrazone groups is 1. The quantitative estimate of drug-likeness (QED) is 0.680. The highest BCUT2D eigenvalue weighted by atomic mass is 16.5. The van der Waals surface area contributed by atoms with Crippen LogP contribution in [0.3, 0.4) is 0 Å². The Labute approximate surface area is 84.0 Å². The van der Waals surface area contributed by atoms with Crippen LogP contribution in [-0.2, 0) is 9.53 Å². The minimum absolute atomic E-state index is 0.187. The zero-order valence-corrected chi connectivity index (χ0v) is 9.05. The van der Waals surface area contributed by atoms with Gasteiger partial charge in [0.25, 0.3) is 0 Å². The Hall–Kier alpha value is -1.32. The van der Waals surface area contributed by atoms with Crippen molar-refractivity contribution >= 4 is 11.7 Å². The number of nitrogens with one attached hydrogen (secondary N) is 1. The molecule has 0 fully saturated rings. The second-order valence-electron chi connectivity index (χ2n) is 3.81. The summed E-state index contributed by atoms with van der Waals surface area (Å²) in [5.41, 5.74) is 3.86. The predicted octanol–water partition coefficient (Wildman–Crippen LogP) is 1.44. The van der Waals surface area contributed by atoms with Gasteiger partial charge in [-0.2, -0.15) is 5.10 Å². The van der Waals surface area contributed by atoms with Gasteiger partial charge >= 0.3 is 5.97 Å². The number of ether oxygens (including phenoxy) is 1. The molecular formula is C10H16N2O2. The van der Waals surface area contributed by atoms with Crippen LogP contribution < -0.4 is 5.43 Å². The molecule has 0 amide bonds. The Morgan fingerprint density at radius 2 is 2.29 bits per heavy atom. The fraction of sp³-hybridized carbons (Fsp3) is 0.600. The maximum Gasteiger partial charge on any atom is 0.355 e. The molecule has 0 unspecified atom stereocenters. The Morgan fingerprint density at radius 1 is 1.64 bits per heavy atom. The van der Waals surface area contributed by atoms with Crippen LogP contribution in [0.2, 0.25) is 0 Å². The molecule has 0 radical (unpaired) electrons. The fourth-order valence-electron chi connectivity index (χ4n) is 1.10. The molecule has 78 valence electrons. The van der Waals surface area contributed by atoms with Gasteiger partial charge in [-0.15, -0.1) is 0 Å². The third-order valence-electron chi connectivity index (χ3n) is 2.28. The SMILES string of the molecule is CCOC(=O)C1=CC(C)(C)C(C)=NN1. The first-order valence-corrected chi connectivity index (χ1v) is 4.68. The van der Waals surface area contributed by atoms with Crippen molar-refractivity contribution in [2.45, 2.75) is 27.7 Å². The van der Waals surface area contributed by atoms with Crippen molar-refractivity contribution < 1.29 is 9.53 Å². The molecule has 0 aromatic carbocycles. The van der Waals surface area contributed by atoms with E-state index in [-0.39, 0.29) is 11.4 Å². The van der Waals surface area contributed by atoms with Gasteiger partial charge in [0.05, 0.1) is 6.61 Å². The van der Waals surface area contributed by atoms with E-state index >= 15 is 0 Å². The topological polar surface area (TPSA) is 50.7 Å². The number of carbonyl (C=O) groups excluding carboxylic acids is 1. The van der Waals surface area contributed by atoms with E-state index in [2.05, 4.69) is 10.5 Å². The average molecular weight is 196 g/mol. The number of nitrogens with zero attached hydrogens (tertiary/aromatic N) is 1. The Balaban J connectivity index is 2.81. The van der Waals surface area contributed by atoms with E-state index in [1.165, 1.54) is 0 Å². The van der Waals surface area contributed by atoms with Crippen LogP contribution >= 0.6 is 0 Å². The van der Waals surface area contributed by atoms with Crippen LogP contribution in [0.25, 0.3) is 0 Å². The molecular weight excluding hydrogens is 180 g/mol. The number of rotatable bonds is 2. The van der Waals surface area contributed by atoms with Gasteiger partial charge in [-0.05, 0) is 19.9 Å². The normalized spacial score (nSPS) is 19.1. The summed E-state index contributed by atoms with van der Waals surface area (Å²) in [6.07, 6.45) is 1.84. The third-order valence-corrected chi connectivity index (χ3v) is 2.28. The smallest absolute Gasteiger partial charge is 0.355 e. The third kappa shape index (κ3) is 2.13. The van der Waals surface area contributed by atoms with Gasteiger partial charge in [0.2, 0.25) is 0 Å². The molecule has 0 spiro atoms. The Bertz CT molecular complexity index is 303. The van der Waals surface area contributed by atoms with Crippen LogP contribution in [-0.4, -0.2) is 18.3 Å². The zero-order valence-electron chi connectivity index (χ0n) is 9.05. The summed E-state index contributed by atoms with van der Waals surface area (Å²) in [7, 11) is 0. The highest BCUT2D eigenvalue weighted by Crippen LogP contribution is 2.24. The van der Waals surface area contributed by atoms with Crippen molar-refractivity contribution in [2.24, 2.45) is 10.5 Å². The molecule has 1 aliphatic rings. The lowest BCUT2D eigenvalue weighted by Crippen LogP contribution is -2.32. The van der Waals surface area contributed by atoms with E-state index < -0.39 is 0 Å². The van der Waals surface area contributed by atoms with E-state index in [0.717, 1.165) is 5.71 Å². The van der Waals surface area contributed by atoms with Gasteiger partial charge in [0.1, 0.15) is 5.70 Å². The second-order valence-corrected chi connectivity index (χ2v) is 3.81. The highest BCUT2D eigenvalue weighted by Gasteiger charge is 2.26. The molecule has 1 heterocycles. The largest absolute Gasteiger partial charge is 0.461 e. The predicted molar refractivity (Wildman–Crippen MR) is 54.7 cm³/mol. The lowest BCUT2D eigenvalue weighted by atomic mass is 9.86. The number of carbonyl (C=O) groups is 1. The van der Waals surface area contributed by atoms with Crippen molar-refractivity contribution in [3.05, 3.63) is 11.8 Å². The zero-order chi connectivity index (χ0) is 10.8. The van der Waals surface area contributed by atoms with Gasteiger partial charge in [0, 0.05) is 11.1 Å². The standard InChI is InChI=1S/C10H16N2O2/c1-5-14-9(13)8-6-10(3,4)7(2)11-12-8/h6,12H,5H2,1-4H3. The molecule has 1 aliphatic heterocycles. The summed E-state index contributed by atoms with van der Waals surface area (Å²) in [6, 6.07) is 0. The van der Waals surface area contributed by atoms with Gasteiger partial charge in [-0.25, -0.2) is 4.79 Å². The molecule has 0 atom stereocenters. The van der Waals surface area contributed by atoms with Crippen LogP contribution in [0.5, 0.6) is 0 Å². The molecule has 0 aliphatic carbocycles. The van der Waals surface area contributed by atoms with E-state index in [1.54, 1.807) is 6.92 Å². The minimum Gasteiger partial charge on any atom is -0.461 e. The number of esters is 1. The lowest BCUT2D eigenvalue weighted by Gasteiger charge is -2.25. The monoisotopic (exact) mass is 196 g/mol. The summed E-state index contributed by atoms with van der Waals surface area (Å²) >= 11 is 0. The summed E-state index contributed by atoms with van der Waals surface area (Å²) in [5, 5.41) is 4.06. The van der Waals surface area contributed by atoms with Crippen molar-refractivity contribution in [1.29, 1.82) is 0 Å². The van der Waals surface area contributed by atoms with Crippen molar-refractivity contribution in [3.8, 4) is 0 Å². The van der Waals surface area contributed by atoms with Crippen molar-refractivity contribution in [1.82, 2.24) is 5.43 Å². The first-order chi connectivity index (χ1) is 6.47. The van der Waals surface area contributed by atoms with E-state index in [4.69, 9.17) is 4.74 Å². The highest BCUT2D eigenvalue weighted by molar-refractivity contribution is 5.95. The van der Waals surface area contributed by atoms with Crippen molar-refractivity contribution in [3.63, 3.8) is 0 Å². The fourth-order valence-corrected chi connectivity index (χ4v) is 1.10. The summed E-state index contributed by atoms with van der Waals surface area (Å²) in [4.78, 5) is 11.4. The molecule has 1 N–H and O–H groups in total. The van der Waals surface area contributed by atoms with Crippen LogP contribution in [0.1, 0.15) is 27.7 Å². The molecule has 0 saturated heterocycles. The maximum atomic E-state index is 11.4. The molecule has 14 heavy (non-hydrogen) atoms. The van der Waals surface area contributed by atoms with E-state index in [0.29, 0.717) is 12.3 Å². The maximum absolute atomic E-state index is 11.4. The Morgan fingerprint density at radius 3 is 2.79 bits per heavy atom. The van der Waals surface area contributed by atoms with Gasteiger partial charge in [-0.3, -0.25) is 5.43 Å². The second kappa shape index (κ2) is 3.82. The first kappa shape index (κ1) is 10.8. The minimum atomic E-state index is -0.350. The van der Waals surface area contributed by atoms with Crippen LogP contribution in [0, 0.1) is 5.41 Å². The average Bonchev–Trinajstić information content (AvgIpc) is 2.10. The molecule has 0 aromatic heterocycles. The molecule has 4 nitrogen and oxygen atoms in total. The van der Waals surface area contributed by atoms with Gasteiger partial charge < -0.3 is 4.74 Å². The molecule has 4 heteroatoms. The lowest BCUT2D eigenvalue weighted by molar-refractivity contribution is -0.139. The molecule has 1 rings (SSSR count). The number of hydrogen-bond acceptors (Lipinski definition) is 4. The summed E-state index contributed by atoms with van der Waals surface area (Å²) in [6.45, 7) is 8.09. The molecule has 0 saturated carbocycles. The summed E-state index contributed by atoms with van der Waals surface area (Å²) in [5.74, 6) is -0.350. The van der Waals surface area contributed by atoms with E-state index in [9.17, 15) is 4.79 Å². The Kier molecular flexibility index (Phi) is 2.93. The van der Waals surface area contributed by atoms with Crippen LogP contribution in [0.15, 0.2) is 16.9 Å². The first-order valence-electron chi connectivity index (χ1n) is 4.68. The molecule has 0 bridgehead atoms. The van der Waals surface area contributed by atoms with Crippen LogP contribution in [0.4, 0.5) is 0 Å². The van der Waals surface area contributed by atoms with Gasteiger partial charge in [0.15, 0.2) is 0 Å². The summed E-state index contributed by atoms with van der Waals surface area (Å²) < 4.78 is 4.87. The number of allylic oxidation sites excluding steroid dienone is 1. The van der Waals surface area contributed by atoms with Crippen molar-refractivity contribution in [2.75, 3.05) is 6.61 Å². The molecule has 0 aromatic rings.